The highest BCUT2D eigenvalue weighted by Gasteiger charge is 2.32. The van der Waals surface area contributed by atoms with Gasteiger partial charge in [0, 0.05) is 24.0 Å². The summed E-state index contributed by atoms with van der Waals surface area (Å²) in [4.78, 5) is 12.7. The summed E-state index contributed by atoms with van der Waals surface area (Å²) in [5.41, 5.74) is 2.37. The van der Waals surface area contributed by atoms with Crippen LogP contribution in [0.4, 0.5) is 0 Å². The van der Waals surface area contributed by atoms with E-state index in [0.29, 0.717) is 5.92 Å². The molecule has 1 atom stereocenters. The maximum Gasteiger partial charge on any atom is 0.244 e. The van der Waals surface area contributed by atoms with E-state index in [0.717, 1.165) is 48.3 Å². The van der Waals surface area contributed by atoms with Crippen molar-refractivity contribution in [2.75, 3.05) is 6.54 Å². The van der Waals surface area contributed by atoms with E-state index in [9.17, 15) is 0 Å². The number of hydrogen-bond donors (Lipinski definition) is 0. The number of rotatable bonds is 4. The second-order valence-electron chi connectivity index (χ2n) is 6.47. The minimum absolute atomic E-state index is 0.221. The Kier molecular flexibility index (Phi) is 3.69. The van der Waals surface area contributed by atoms with Crippen molar-refractivity contribution >= 4 is 16.3 Å². The van der Waals surface area contributed by atoms with E-state index in [-0.39, 0.29) is 6.04 Å². The Morgan fingerprint density at radius 3 is 3.04 bits per heavy atom. The highest BCUT2D eigenvalue weighted by molar-refractivity contribution is 7.15. The maximum absolute atomic E-state index is 5.54. The molecule has 0 bridgehead atoms. The van der Waals surface area contributed by atoms with E-state index in [4.69, 9.17) is 4.52 Å². The number of aryl methyl sites for hydroxylation is 1. The van der Waals surface area contributed by atoms with Gasteiger partial charge in [-0.1, -0.05) is 19.0 Å². The van der Waals surface area contributed by atoms with Crippen LogP contribution in [0, 0.1) is 6.92 Å². The summed E-state index contributed by atoms with van der Waals surface area (Å²) in [5, 5.41) is 6.21. The molecule has 1 fully saturated rings. The summed E-state index contributed by atoms with van der Waals surface area (Å²) in [7, 11) is 0. The third-order valence-electron chi connectivity index (χ3n) is 4.54. The fourth-order valence-electron chi connectivity index (χ4n) is 3.24. The molecule has 7 heteroatoms. The van der Waals surface area contributed by atoms with E-state index in [1.807, 2.05) is 0 Å². The first-order valence-electron chi connectivity index (χ1n) is 8.12. The normalized spacial score (nSPS) is 19.4. The molecular weight excluding hydrogens is 310 g/mol. The lowest BCUT2D eigenvalue weighted by atomic mass is 10.2. The van der Waals surface area contributed by atoms with Crippen LogP contribution in [0.25, 0.3) is 4.96 Å². The van der Waals surface area contributed by atoms with Crippen LogP contribution in [0.1, 0.15) is 61.8 Å². The summed E-state index contributed by atoms with van der Waals surface area (Å²) in [6, 6.07) is 0.221. The summed E-state index contributed by atoms with van der Waals surface area (Å²) in [5.74, 6) is 1.85. The van der Waals surface area contributed by atoms with Gasteiger partial charge in [0.15, 0.2) is 10.8 Å². The highest BCUT2D eigenvalue weighted by atomic mass is 32.1. The Morgan fingerprint density at radius 1 is 1.39 bits per heavy atom. The summed E-state index contributed by atoms with van der Waals surface area (Å²) < 4.78 is 7.74. The minimum Gasteiger partial charge on any atom is -0.338 e. The lowest BCUT2D eigenvalue weighted by molar-refractivity contribution is 0.198. The molecule has 3 aromatic rings. The molecule has 23 heavy (non-hydrogen) atoms. The van der Waals surface area contributed by atoms with Crippen molar-refractivity contribution in [1.82, 2.24) is 24.4 Å². The monoisotopic (exact) mass is 331 g/mol. The summed E-state index contributed by atoms with van der Waals surface area (Å²) in [6.07, 6.45) is 4.34. The van der Waals surface area contributed by atoms with Crippen LogP contribution in [0.15, 0.2) is 16.1 Å². The Labute approximate surface area is 139 Å². The van der Waals surface area contributed by atoms with Crippen LogP contribution in [0.2, 0.25) is 0 Å². The molecule has 0 spiro atoms. The molecule has 0 amide bonds. The van der Waals surface area contributed by atoms with Gasteiger partial charge < -0.3 is 4.52 Å². The number of aromatic nitrogens is 4. The molecule has 1 aliphatic heterocycles. The largest absolute Gasteiger partial charge is 0.338 e. The highest BCUT2D eigenvalue weighted by Crippen LogP contribution is 2.33. The average Bonchev–Trinajstić information content (AvgIpc) is 3.25. The van der Waals surface area contributed by atoms with Gasteiger partial charge in [-0.2, -0.15) is 4.98 Å². The SMILES string of the molecule is Cc1nc2sccn2c1CN1CCC[C@H]1c1nc(C(C)C)no1. The van der Waals surface area contributed by atoms with Gasteiger partial charge in [-0.3, -0.25) is 9.30 Å². The predicted octanol–water partition coefficient (Wildman–Crippen LogP) is 3.55. The van der Waals surface area contributed by atoms with E-state index < -0.39 is 0 Å². The Bertz CT molecular complexity index is 818. The molecular formula is C16H21N5OS. The summed E-state index contributed by atoms with van der Waals surface area (Å²) >= 11 is 1.68. The van der Waals surface area contributed by atoms with Gasteiger partial charge in [-0.05, 0) is 26.3 Å². The van der Waals surface area contributed by atoms with Crippen LogP contribution < -0.4 is 0 Å². The van der Waals surface area contributed by atoms with Gasteiger partial charge in [-0.15, -0.1) is 11.3 Å². The number of nitrogens with zero attached hydrogens (tertiary/aromatic N) is 5. The van der Waals surface area contributed by atoms with Crippen LogP contribution in [0.5, 0.6) is 0 Å². The van der Waals surface area contributed by atoms with Crippen molar-refractivity contribution in [3.63, 3.8) is 0 Å². The quantitative estimate of drug-likeness (QED) is 0.732. The van der Waals surface area contributed by atoms with Crippen LogP contribution in [0.3, 0.4) is 0 Å². The van der Waals surface area contributed by atoms with Gasteiger partial charge in [0.05, 0.1) is 17.4 Å². The second kappa shape index (κ2) is 5.72. The molecule has 0 radical (unpaired) electrons. The number of thiazole rings is 1. The number of likely N-dealkylation sites (tertiary alicyclic amines) is 1. The van der Waals surface area contributed by atoms with Gasteiger partial charge in [0.2, 0.25) is 5.89 Å². The number of imidazole rings is 1. The zero-order valence-corrected chi connectivity index (χ0v) is 14.5. The molecule has 6 nitrogen and oxygen atoms in total. The van der Waals surface area contributed by atoms with E-state index in [1.54, 1.807) is 11.3 Å². The molecule has 4 heterocycles. The number of hydrogen-bond acceptors (Lipinski definition) is 6. The first kappa shape index (κ1) is 14.8. The molecule has 1 saturated heterocycles. The van der Waals surface area contributed by atoms with Crippen molar-refractivity contribution in [2.24, 2.45) is 0 Å². The van der Waals surface area contributed by atoms with Crippen LogP contribution in [-0.2, 0) is 6.54 Å². The molecule has 4 rings (SSSR count). The standard InChI is InChI=1S/C16H21N5OS/c1-10(2)14-18-15(22-19-14)12-5-4-6-20(12)9-13-11(3)17-16-21(13)7-8-23-16/h7-8,10,12H,4-6,9H2,1-3H3/t12-/m0/s1. The van der Waals surface area contributed by atoms with Crippen molar-refractivity contribution in [2.45, 2.75) is 52.1 Å². The van der Waals surface area contributed by atoms with Crippen molar-refractivity contribution < 1.29 is 4.52 Å². The minimum atomic E-state index is 0.221. The van der Waals surface area contributed by atoms with Crippen molar-refractivity contribution in [1.29, 1.82) is 0 Å². The molecule has 0 aromatic carbocycles. The van der Waals surface area contributed by atoms with E-state index in [2.05, 4.69) is 56.8 Å². The van der Waals surface area contributed by atoms with Gasteiger partial charge in [0.1, 0.15) is 0 Å². The van der Waals surface area contributed by atoms with Gasteiger partial charge in [0.25, 0.3) is 0 Å². The zero-order chi connectivity index (χ0) is 16.0. The molecule has 1 aliphatic rings. The Morgan fingerprint density at radius 2 is 2.26 bits per heavy atom. The van der Waals surface area contributed by atoms with Crippen molar-refractivity contribution in [3.05, 3.63) is 34.7 Å². The molecule has 0 N–H and O–H groups in total. The number of fused-ring (bicyclic) bond motifs is 1. The molecule has 0 aliphatic carbocycles. The topological polar surface area (TPSA) is 59.5 Å². The Balaban J connectivity index is 1.60. The zero-order valence-electron chi connectivity index (χ0n) is 13.7. The molecule has 3 aromatic heterocycles. The Hall–Kier alpha value is -1.73. The molecule has 0 saturated carbocycles. The van der Waals surface area contributed by atoms with E-state index >= 15 is 0 Å². The lowest BCUT2D eigenvalue weighted by Crippen LogP contribution is -2.24. The first-order chi connectivity index (χ1) is 11.1. The third kappa shape index (κ3) is 2.57. The molecule has 122 valence electrons. The van der Waals surface area contributed by atoms with Gasteiger partial charge >= 0.3 is 0 Å². The van der Waals surface area contributed by atoms with Crippen LogP contribution >= 0.6 is 11.3 Å². The fraction of sp³-hybridized carbons (Fsp3) is 0.562. The fourth-order valence-corrected chi connectivity index (χ4v) is 4.01. The van der Waals surface area contributed by atoms with Crippen LogP contribution in [-0.4, -0.2) is 31.0 Å². The first-order valence-corrected chi connectivity index (χ1v) is 9.00. The molecule has 0 unspecified atom stereocenters. The second-order valence-corrected chi connectivity index (χ2v) is 7.35. The third-order valence-corrected chi connectivity index (χ3v) is 5.29. The smallest absolute Gasteiger partial charge is 0.244 e. The van der Waals surface area contributed by atoms with Gasteiger partial charge in [-0.25, -0.2) is 4.98 Å². The van der Waals surface area contributed by atoms with E-state index in [1.165, 1.54) is 5.69 Å². The average molecular weight is 331 g/mol. The van der Waals surface area contributed by atoms with Crippen molar-refractivity contribution in [3.8, 4) is 0 Å². The lowest BCUT2D eigenvalue weighted by Gasteiger charge is -2.21. The predicted molar refractivity (Wildman–Crippen MR) is 88.6 cm³/mol. The summed E-state index contributed by atoms with van der Waals surface area (Å²) in [6.45, 7) is 8.19. The maximum atomic E-state index is 5.54.